The maximum absolute atomic E-state index is 12.7. The number of aliphatic imine (C=N–C) groups is 1. The van der Waals surface area contributed by atoms with Gasteiger partial charge in [0.05, 0.1) is 12.5 Å². The average Bonchev–Trinajstić information content (AvgIpc) is 3.01. The minimum absolute atomic E-state index is 0.0607. The van der Waals surface area contributed by atoms with Crippen molar-refractivity contribution in [3.8, 4) is 0 Å². The zero-order valence-corrected chi connectivity index (χ0v) is 13.7. The first-order chi connectivity index (χ1) is 11.2. The quantitative estimate of drug-likeness (QED) is 0.871. The van der Waals surface area contributed by atoms with E-state index in [1.807, 2.05) is 24.4 Å². The Bertz CT molecular complexity index is 732. The van der Waals surface area contributed by atoms with Crippen molar-refractivity contribution >= 4 is 17.8 Å². The first-order valence-corrected chi connectivity index (χ1v) is 8.17. The summed E-state index contributed by atoms with van der Waals surface area (Å²) in [6.45, 7) is 4.91. The minimum Gasteiger partial charge on any atom is -0.326 e. The third-order valence-electron chi connectivity index (χ3n) is 4.28. The Balaban J connectivity index is 1.78. The lowest BCUT2D eigenvalue weighted by molar-refractivity contribution is -0.117. The molecule has 3 nitrogen and oxygen atoms in total. The number of aryl methyl sites for hydroxylation is 1. The summed E-state index contributed by atoms with van der Waals surface area (Å²) >= 11 is 0. The molecule has 1 amide bonds. The second-order valence-corrected chi connectivity index (χ2v) is 6.12. The van der Waals surface area contributed by atoms with Crippen LogP contribution in [0, 0.1) is 6.92 Å². The van der Waals surface area contributed by atoms with Crippen molar-refractivity contribution in [3.63, 3.8) is 0 Å². The highest BCUT2D eigenvalue weighted by atomic mass is 16.1. The molecule has 0 radical (unpaired) electrons. The van der Waals surface area contributed by atoms with Crippen molar-refractivity contribution in [3.05, 3.63) is 64.7 Å². The highest BCUT2D eigenvalue weighted by molar-refractivity contribution is 5.97. The summed E-state index contributed by atoms with van der Waals surface area (Å²) in [6, 6.07) is 14.3. The first kappa shape index (κ1) is 15.5. The topological polar surface area (TPSA) is 41.5 Å². The Morgan fingerprint density at radius 1 is 1.22 bits per heavy atom. The van der Waals surface area contributed by atoms with E-state index in [9.17, 15) is 4.79 Å². The van der Waals surface area contributed by atoms with Crippen molar-refractivity contribution in [2.45, 2.75) is 39.2 Å². The molecule has 0 saturated carbocycles. The largest absolute Gasteiger partial charge is 0.326 e. The molecule has 0 aromatic heterocycles. The predicted molar refractivity (Wildman–Crippen MR) is 95.2 cm³/mol. The molecular weight excluding hydrogens is 284 g/mol. The van der Waals surface area contributed by atoms with Crippen LogP contribution < -0.4 is 5.32 Å². The lowest BCUT2D eigenvalue weighted by Crippen LogP contribution is -2.21. The molecule has 3 rings (SSSR count). The third kappa shape index (κ3) is 3.50. The van der Waals surface area contributed by atoms with Gasteiger partial charge in [-0.15, -0.1) is 0 Å². The van der Waals surface area contributed by atoms with Gasteiger partial charge in [0.1, 0.15) is 0 Å². The van der Waals surface area contributed by atoms with Crippen LogP contribution in [-0.2, 0) is 11.3 Å². The van der Waals surface area contributed by atoms with Crippen LogP contribution in [0.2, 0.25) is 0 Å². The molecule has 1 aliphatic rings. The Morgan fingerprint density at radius 3 is 2.74 bits per heavy atom. The van der Waals surface area contributed by atoms with Crippen LogP contribution in [0.25, 0.3) is 0 Å². The number of carbonyl (C=O) groups is 1. The Labute approximate surface area is 137 Å². The fourth-order valence-electron chi connectivity index (χ4n) is 2.95. The van der Waals surface area contributed by atoms with E-state index >= 15 is 0 Å². The van der Waals surface area contributed by atoms with Crippen LogP contribution in [0.1, 0.15) is 47.9 Å². The maximum atomic E-state index is 12.7. The molecule has 1 unspecified atom stereocenters. The molecule has 0 fully saturated rings. The lowest BCUT2D eigenvalue weighted by atomic mass is 9.93. The summed E-state index contributed by atoms with van der Waals surface area (Å²) in [6.07, 6.45) is 3.69. The van der Waals surface area contributed by atoms with Gasteiger partial charge in [-0.1, -0.05) is 49.2 Å². The number of anilines is 1. The van der Waals surface area contributed by atoms with Crippen LogP contribution in [-0.4, -0.2) is 12.1 Å². The van der Waals surface area contributed by atoms with Crippen LogP contribution in [0.3, 0.4) is 0 Å². The normalized spacial score (nSPS) is 13.7. The first-order valence-electron chi connectivity index (χ1n) is 8.17. The molecule has 0 bridgehead atoms. The SMILES string of the molecule is CCCC(C(=O)Nc1ccc2c(c1)C=NC2)c1ccc(C)cc1. The molecule has 2 aromatic rings. The van der Waals surface area contributed by atoms with Crippen molar-refractivity contribution < 1.29 is 4.79 Å². The zero-order valence-electron chi connectivity index (χ0n) is 13.7. The standard InChI is InChI=1S/C20H22N2O/c1-3-4-19(15-7-5-14(2)6-8-15)20(23)22-18-10-9-16-12-21-13-17(16)11-18/h5-11,13,19H,3-4,12H2,1-2H3,(H,22,23). The Hall–Kier alpha value is -2.42. The van der Waals surface area contributed by atoms with Gasteiger partial charge in [-0.25, -0.2) is 0 Å². The number of benzene rings is 2. The summed E-state index contributed by atoms with van der Waals surface area (Å²) < 4.78 is 0. The molecule has 0 aliphatic carbocycles. The number of amides is 1. The highest BCUT2D eigenvalue weighted by Crippen LogP contribution is 2.25. The highest BCUT2D eigenvalue weighted by Gasteiger charge is 2.20. The van der Waals surface area contributed by atoms with E-state index < -0.39 is 0 Å². The number of carbonyl (C=O) groups excluding carboxylic acids is 1. The predicted octanol–water partition coefficient (Wildman–Crippen LogP) is 4.45. The maximum Gasteiger partial charge on any atom is 0.231 e. The molecule has 0 spiro atoms. The van der Waals surface area contributed by atoms with E-state index in [1.54, 1.807) is 0 Å². The number of hydrogen-bond donors (Lipinski definition) is 1. The zero-order chi connectivity index (χ0) is 16.2. The lowest BCUT2D eigenvalue weighted by Gasteiger charge is -2.17. The van der Waals surface area contributed by atoms with E-state index in [0.717, 1.165) is 36.2 Å². The minimum atomic E-state index is -0.109. The molecular formula is C20H22N2O. The Morgan fingerprint density at radius 2 is 2.00 bits per heavy atom. The number of hydrogen-bond acceptors (Lipinski definition) is 2. The second-order valence-electron chi connectivity index (χ2n) is 6.12. The summed E-state index contributed by atoms with van der Waals surface area (Å²) in [4.78, 5) is 17.0. The Kier molecular flexibility index (Phi) is 4.56. The molecule has 1 aliphatic heterocycles. The monoisotopic (exact) mass is 306 g/mol. The molecule has 2 aromatic carbocycles. The van der Waals surface area contributed by atoms with E-state index in [0.29, 0.717) is 0 Å². The van der Waals surface area contributed by atoms with Crippen LogP contribution in [0.5, 0.6) is 0 Å². The van der Waals surface area contributed by atoms with Crippen molar-refractivity contribution in [1.82, 2.24) is 0 Å². The molecule has 1 N–H and O–H groups in total. The number of nitrogens with zero attached hydrogens (tertiary/aromatic N) is 1. The molecule has 23 heavy (non-hydrogen) atoms. The van der Waals surface area contributed by atoms with Crippen molar-refractivity contribution in [1.29, 1.82) is 0 Å². The van der Waals surface area contributed by atoms with E-state index in [2.05, 4.69) is 48.4 Å². The van der Waals surface area contributed by atoms with Gasteiger partial charge < -0.3 is 5.32 Å². The summed E-state index contributed by atoms with van der Waals surface area (Å²) in [5.74, 6) is -0.0480. The van der Waals surface area contributed by atoms with Gasteiger partial charge in [-0.2, -0.15) is 0 Å². The number of rotatable bonds is 5. The van der Waals surface area contributed by atoms with Crippen molar-refractivity contribution in [2.24, 2.45) is 4.99 Å². The van der Waals surface area contributed by atoms with Crippen molar-refractivity contribution in [2.75, 3.05) is 5.32 Å². The summed E-state index contributed by atoms with van der Waals surface area (Å²) in [5, 5.41) is 3.07. The second kappa shape index (κ2) is 6.78. The molecule has 118 valence electrons. The van der Waals surface area contributed by atoms with Crippen LogP contribution >= 0.6 is 0 Å². The molecule has 3 heteroatoms. The van der Waals surface area contributed by atoms with Gasteiger partial charge in [0.15, 0.2) is 0 Å². The summed E-state index contributed by atoms with van der Waals surface area (Å²) in [5.41, 5.74) is 5.45. The molecule has 1 atom stereocenters. The van der Waals surface area contributed by atoms with Gasteiger partial charge in [-0.3, -0.25) is 9.79 Å². The summed E-state index contributed by atoms with van der Waals surface area (Å²) in [7, 11) is 0. The fraction of sp³-hybridized carbons (Fsp3) is 0.300. The van der Waals surface area contributed by atoms with E-state index in [-0.39, 0.29) is 11.8 Å². The van der Waals surface area contributed by atoms with Gasteiger partial charge in [0.2, 0.25) is 5.91 Å². The van der Waals surface area contributed by atoms with Gasteiger partial charge in [0, 0.05) is 11.9 Å². The third-order valence-corrected chi connectivity index (χ3v) is 4.28. The smallest absolute Gasteiger partial charge is 0.231 e. The van der Waals surface area contributed by atoms with Gasteiger partial charge in [0.25, 0.3) is 0 Å². The van der Waals surface area contributed by atoms with E-state index in [4.69, 9.17) is 0 Å². The van der Waals surface area contributed by atoms with Gasteiger partial charge in [-0.05, 0) is 42.2 Å². The van der Waals surface area contributed by atoms with Crippen LogP contribution in [0.15, 0.2) is 47.5 Å². The molecule has 1 heterocycles. The fourth-order valence-corrected chi connectivity index (χ4v) is 2.95. The number of nitrogens with one attached hydrogen (secondary N) is 1. The molecule has 0 saturated heterocycles. The van der Waals surface area contributed by atoms with Gasteiger partial charge >= 0.3 is 0 Å². The number of fused-ring (bicyclic) bond motifs is 1. The van der Waals surface area contributed by atoms with Crippen LogP contribution in [0.4, 0.5) is 5.69 Å². The average molecular weight is 306 g/mol. The van der Waals surface area contributed by atoms with E-state index in [1.165, 1.54) is 11.1 Å².